The lowest BCUT2D eigenvalue weighted by Crippen LogP contribution is -2.54. The Balaban J connectivity index is 1.51. The molecule has 4 saturated carbocycles. The second-order valence-electron chi connectivity index (χ2n) is 7.13. The van der Waals surface area contributed by atoms with Crippen LogP contribution in [0.3, 0.4) is 0 Å². The monoisotopic (exact) mass is 329 g/mol. The average molecular weight is 329 g/mol. The predicted octanol–water partition coefficient (Wildman–Crippen LogP) is 1.25. The van der Waals surface area contributed by atoms with Crippen LogP contribution in [-0.4, -0.2) is 37.1 Å². The van der Waals surface area contributed by atoms with Crippen molar-refractivity contribution in [3.05, 3.63) is 0 Å². The summed E-state index contributed by atoms with van der Waals surface area (Å²) in [7, 11) is -4.20. The first kappa shape index (κ1) is 15.9. The molecular formula is C15H21O6S-. The molecule has 0 aromatic rings. The fourth-order valence-corrected chi connectivity index (χ4v) is 5.25. The SMILES string of the molecule is O=C1C2CC3CC1CC(C(=O)OCCCCS(=O)(=O)[O-])(C3)C2. The van der Waals surface area contributed by atoms with E-state index in [0.717, 1.165) is 19.3 Å². The van der Waals surface area contributed by atoms with Gasteiger partial charge in [-0.1, -0.05) is 0 Å². The highest BCUT2D eigenvalue weighted by Crippen LogP contribution is 2.59. The van der Waals surface area contributed by atoms with Crippen LogP contribution >= 0.6 is 0 Å². The quantitative estimate of drug-likeness (QED) is 0.413. The van der Waals surface area contributed by atoms with Gasteiger partial charge in [-0.3, -0.25) is 9.59 Å². The van der Waals surface area contributed by atoms with Crippen LogP contribution in [0.25, 0.3) is 0 Å². The van der Waals surface area contributed by atoms with Gasteiger partial charge in [-0.05, 0) is 50.9 Å². The molecule has 0 radical (unpaired) electrons. The van der Waals surface area contributed by atoms with E-state index < -0.39 is 21.3 Å². The molecule has 0 aliphatic heterocycles. The lowest BCUT2D eigenvalue weighted by Gasteiger charge is -2.53. The van der Waals surface area contributed by atoms with E-state index in [9.17, 15) is 22.6 Å². The summed E-state index contributed by atoms with van der Waals surface area (Å²) in [5.74, 6) is 0.211. The molecule has 2 unspecified atom stereocenters. The summed E-state index contributed by atoms with van der Waals surface area (Å²) >= 11 is 0. The van der Waals surface area contributed by atoms with Crippen molar-refractivity contribution in [3.63, 3.8) is 0 Å². The Kier molecular flexibility index (Phi) is 4.05. The molecule has 4 fully saturated rings. The molecule has 4 aliphatic rings. The van der Waals surface area contributed by atoms with Gasteiger partial charge in [0, 0.05) is 17.6 Å². The first-order valence-corrected chi connectivity index (χ1v) is 9.51. The van der Waals surface area contributed by atoms with Gasteiger partial charge < -0.3 is 9.29 Å². The fourth-order valence-electron chi connectivity index (χ4n) is 4.70. The minimum Gasteiger partial charge on any atom is -0.748 e. The van der Waals surface area contributed by atoms with Gasteiger partial charge in [0.05, 0.1) is 22.1 Å². The Morgan fingerprint density at radius 2 is 1.82 bits per heavy atom. The van der Waals surface area contributed by atoms with E-state index in [-0.39, 0.29) is 30.8 Å². The lowest BCUT2D eigenvalue weighted by molar-refractivity contribution is -0.174. The summed E-state index contributed by atoms with van der Waals surface area (Å²) < 4.78 is 36.8. The molecule has 6 nitrogen and oxygen atoms in total. The Morgan fingerprint density at radius 3 is 2.41 bits per heavy atom. The Hall–Kier alpha value is -0.950. The Labute approximate surface area is 130 Å². The maximum absolute atomic E-state index is 12.4. The largest absolute Gasteiger partial charge is 0.748 e. The summed E-state index contributed by atoms with van der Waals surface area (Å²) in [6, 6.07) is 0. The van der Waals surface area contributed by atoms with Gasteiger partial charge in [-0.15, -0.1) is 0 Å². The zero-order valence-electron chi connectivity index (χ0n) is 12.5. The van der Waals surface area contributed by atoms with Gasteiger partial charge in [0.15, 0.2) is 0 Å². The zero-order valence-corrected chi connectivity index (χ0v) is 13.3. The lowest BCUT2D eigenvalue weighted by atomic mass is 9.49. The van der Waals surface area contributed by atoms with Crippen LogP contribution in [0.15, 0.2) is 0 Å². The van der Waals surface area contributed by atoms with Crippen molar-refractivity contribution in [2.75, 3.05) is 12.4 Å². The minimum absolute atomic E-state index is 0.0319. The maximum atomic E-state index is 12.4. The molecule has 22 heavy (non-hydrogen) atoms. The second kappa shape index (κ2) is 5.60. The number of rotatable bonds is 6. The molecule has 0 aromatic carbocycles. The number of carbonyl (C=O) groups is 2. The number of ether oxygens (including phenoxy) is 1. The van der Waals surface area contributed by atoms with E-state index in [4.69, 9.17) is 4.74 Å². The molecule has 2 atom stereocenters. The topological polar surface area (TPSA) is 101 Å². The highest BCUT2D eigenvalue weighted by atomic mass is 32.2. The highest BCUT2D eigenvalue weighted by molar-refractivity contribution is 7.85. The number of Topliss-reactive ketones (excluding diaryl/α,β-unsaturated/α-hetero) is 1. The van der Waals surface area contributed by atoms with Crippen LogP contribution in [0.5, 0.6) is 0 Å². The van der Waals surface area contributed by atoms with Crippen molar-refractivity contribution in [1.82, 2.24) is 0 Å². The molecule has 0 heterocycles. The predicted molar refractivity (Wildman–Crippen MR) is 75.8 cm³/mol. The number of unbranched alkanes of at least 4 members (excludes halogenated alkanes) is 1. The van der Waals surface area contributed by atoms with E-state index in [1.807, 2.05) is 0 Å². The Bertz CT molecular complexity index is 563. The molecule has 0 N–H and O–H groups in total. The molecular weight excluding hydrogens is 308 g/mol. The normalized spacial score (nSPS) is 36.6. The van der Waals surface area contributed by atoms with Gasteiger partial charge in [0.25, 0.3) is 0 Å². The highest BCUT2D eigenvalue weighted by Gasteiger charge is 2.58. The maximum Gasteiger partial charge on any atom is 0.312 e. The second-order valence-corrected chi connectivity index (χ2v) is 8.65. The molecule has 0 saturated heterocycles. The molecule has 0 spiro atoms. The van der Waals surface area contributed by atoms with Gasteiger partial charge in [0.2, 0.25) is 0 Å². The number of esters is 1. The van der Waals surface area contributed by atoms with Crippen molar-refractivity contribution >= 4 is 21.9 Å². The van der Waals surface area contributed by atoms with Crippen LogP contribution in [-0.2, 0) is 24.4 Å². The van der Waals surface area contributed by atoms with Crippen LogP contribution in [0, 0.1) is 23.2 Å². The van der Waals surface area contributed by atoms with Crippen LogP contribution in [0.4, 0.5) is 0 Å². The molecule has 124 valence electrons. The van der Waals surface area contributed by atoms with E-state index in [2.05, 4.69) is 0 Å². The van der Waals surface area contributed by atoms with Crippen LogP contribution < -0.4 is 0 Å². The third kappa shape index (κ3) is 3.06. The zero-order chi connectivity index (χ0) is 16.0. The Morgan fingerprint density at radius 1 is 1.18 bits per heavy atom. The number of ketones is 1. The van der Waals surface area contributed by atoms with Gasteiger partial charge in [-0.2, -0.15) is 0 Å². The van der Waals surface area contributed by atoms with Gasteiger partial charge in [-0.25, -0.2) is 8.42 Å². The summed E-state index contributed by atoms with van der Waals surface area (Å²) in [5.41, 5.74) is -0.491. The average Bonchev–Trinajstić information content (AvgIpc) is 2.42. The van der Waals surface area contributed by atoms with E-state index in [1.165, 1.54) is 0 Å². The van der Waals surface area contributed by atoms with E-state index >= 15 is 0 Å². The summed E-state index contributed by atoms with van der Waals surface area (Å²) in [5, 5.41) is 0. The fraction of sp³-hybridized carbons (Fsp3) is 0.867. The minimum atomic E-state index is -4.20. The number of hydrogen-bond donors (Lipinski definition) is 0. The smallest absolute Gasteiger partial charge is 0.312 e. The molecule has 0 aromatic heterocycles. The molecule has 4 aliphatic carbocycles. The number of hydrogen-bond acceptors (Lipinski definition) is 6. The summed E-state index contributed by atoms with van der Waals surface area (Å²) in [6.07, 6.45) is 4.48. The van der Waals surface area contributed by atoms with Crippen molar-refractivity contribution < 1.29 is 27.3 Å². The third-order valence-electron chi connectivity index (χ3n) is 5.45. The molecule has 0 amide bonds. The number of carbonyl (C=O) groups excluding carboxylic acids is 2. The van der Waals surface area contributed by atoms with Gasteiger partial charge >= 0.3 is 5.97 Å². The summed E-state index contributed by atoms with van der Waals surface area (Å²) in [6.45, 7) is 0.143. The molecule has 7 heteroatoms. The first-order valence-electron chi connectivity index (χ1n) is 7.94. The molecule has 4 bridgehead atoms. The standard InChI is InChI=1S/C15H22O6S/c16-13-11-5-10-6-12(13)9-15(7-10,8-11)14(17)21-3-1-2-4-22(18,19)20/h10-12H,1-9H2,(H,18,19,20)/p-1. The summed E-state index contributed by atoms with van der Waals surface area (Å²) in [4.78, 5) is 24.5. The van der Waals surface area contributed by atoms with Crippen molar-refractivity contribution in [2.24, 2.45) is 23.2 Å². The van der Waals surface area contributed by atoms with E-state index in [1.54, 1.807) is 0 Å². The van der Waals surface area contributed by atoms with Crippen molar-refractivity contribution in [2.45, 2.75) is 44.9 Å². The van der Waals surface area contributed by atoms with Crippen LogP contribution in [0.2, 0.25) is 0 Å². The van der Waals surface area contributed by atoms with Crippen molar-refractivity contribution in [1.29, 1.82) is 0 Å². The molecule has 4 rings (SSSR count). The van der Waals surface area contributed by atoms with Gasteiger partial charge in [0.1, 0.15) is 5.78 Å². The van der Waals surface area contributed by atoms with Crippen LogP contribution in [0.1, 0.15) is 44.9 Å². The van der Waals surface area contributed by atoms with E-state index in [0.29, 0.717) is 31.0 Å². The first-order chi connectivity index (χ1) is 10.3. The third-order valence-corrected chi connectivity index (χ3v) is 6.24. The van der Waals surface area contributed by atoms with Crippen molar-refractivity contribution in [3.8, 4) is 0 Å².